The first-order valence-electron chi connectivity index (χ1n) is 10.6. The molecule has 34 heavy (non-hydrogen) atoms. The number of carbonyl (C=O) groups excluding carboxylic acids is 3. The van der Waals surface area contributed by atoms with Gasteiger partial charge in [0.15, 0.2) is 0 Å². The van der Waals surface area contributed by atoms with Crippen molar-refractivity contribution in [1.29, 1.82) is 0 Å². The lowest BCUT2D eigenvalue weighted by molar-refractivity contribution is -0.115. The Balaban J connectivity index is 1.68. The van der Waals surface area contributed by atoms with Crippen molar-refractivity contribution in [3.8, 4) is 11.1 Å². The molecule has 3 aromatic rings. The fourth-order valence-corrected chi connectivity index (χ4v) is 4.16. The van der Waals surface area contributed by atoms with Gasteiger partial charge in [0.25, 0.3) is 11.1 Å². The van der Waals surface area contributed by atoms with Crippen molar-refractivity contribution in [3.63, 3.8) is 0 Å². The average Bonchev–Trinajstić information content (AvgIpc) is 3.16. The number of nitrogens with one attached hydrogen (secondary N) is 2. The fraction of sp³-hybridized carbons (Fsp3) is 0.115. The van der Waals surface area contributed by atoms with Gasteiger partial charge in [-0.05, 0) is 64.9 Å². The van der Waals surface area contributed by atoms with E-state index in [-0.39, 0.29) is 10.9 Å². The number of hydrogen-bond acceptors (Lipinski definition) is 5. The molecule has 8 heteroatoms. The molecule has 0 aliphatic carbocycles. The lowest BCUT2D eigenvalue weighted by atomic mass is 10.0. The van der Waals surface area contributed by atoms with E-state index in [1.54, 1.807) is 13.1 Å². The van der Waals surface area contributed by atoms with Crippen molar-refractivity contribution in [3.05, 3.63) is 83.3 Å². The van der Waals surface area contributed by atoms with Gasteiger partial charge in [-0.25, -0.2) is 4.79 Å². The van der Waals surface area contributed by atoms with Crippen LogP contribution in [0.15, 0.2) is 77.7 Å². The molecule has 0 radical (unpaired) electrons. The average molecular weight is 473 g/mol. The van der Waals surface area contributed by atoms with Crippen molar-refractivity contribution in [1.82, 2.24) is 5.32 Å². The highest BCUT2D eigenvalue weighted by Gasteiger charge is 2.26. The summed E-state index contributed by atoms with van der Waals surface area (Å²) in [4.78, 5) is 40.6. The summed E-state index contributed by atoms with van der Waals surface area (Å²) in [5.74, 6) is -0.443. The van der Waals surface area contributed by atoms with Gasteiger partial charge in [-0.3, -0.25) is 19.8 Å². The van der Waals surface area contributed by atoms with Crippen LogP contribution in [0.25, 0.3) is 17.2 Å². The summed E-state index contributed by atoms with van der Waals surface area (Å²) in [6, 6.07) is 22.7. The third-order valence-electron chi connectivity index (χ3n) is 5.37. The van der Waals surface area contributed by atoms with Crippen molar-refractivity contribution >= 4 is 52.1 Å². The highest BCUT2D eigenvalue weighted by molar-refractivity contribution is 8.18. The van der Waals surface area contributed by atoms with E-state index in [4.69, 9.17) is 0 Å². The first kappa shape index (κ1) is 23.1. The second-order valence-corrected chi connectivity index (χ2v) is 8.94. The summed E-state index contributed by atoms with van der Waals surface area (Å²) in [5, 5.41) is 4.76. The third-order valence-corrected chi connectivity index (χ3v) is 6.18. The highest BCUT2D eigenvalue weighted by Crippen LogP contribution is 2.33. The maximum atomic E-state index is 13.1. The molecule has 172 valence electrons. The number of benzene rings is 3. The third kappa shape index (κ3) is 5.13. The zero-order valence-electron chi connectivity index (χ0n) is 19.0. The first-order chi connectivity index (χ1) is 16.3. The van der Waals surface area contributed by atoms with E-state index in [0.717, 1.165) is 28.6 Å². The predicted octanol–water partition coefficient (Wildman–Crippen LogP) is 5.41. The van der Waals surface area contributed by atoms with E-state index in [0.29, 0.717) is 16.9 Å². The van der Waals surface area contributed by atoms with Crippen LogP contribution in [0.4, 0.5) is 26.7 Å². The van der Waals surface area contributed by atoms with E-state index >= 15 is 0 Å². The number of anilines is 3. The minimum Gasteiger partial charge on any atom is -0.378 e. The second-order valence-electron chi connectivity index (χ2n) is 7.92. The SMILES string of the molecule is CN(C)c1ccc(NC(=O)N(C)c2cc(-c3ccccc3)ccc2C=C2SC(=O)NC2=O)cc1. The van der Waals surface area contributed by atoms with Gasteiger partial charge in [0.1, 0.15) is 0 Å². The Morgan fingerprint density at radius 1 is 0.912 bits per heavy atom. The molecule has 1 fully saturated rings. The second kappa shape index (κ2) is 9.84. The molecule has 1 aliphatic rings. The van der Waals surface area contributed by atoms with Gasteiger partial charge in [0.05, 0.1) is 10.6 Å². The summed E-state index contributed by atoms with van der Waals surface area (Å²) >= 11 is 0.843. The van der Waals surface area contributed by atoms with Crippen LogP contribution in [-0.4, -0.2) is 38.3 Å². The van der Waals surface area contributed by atoms with Crippen LogP contribution >= 0.6 is 11.8 Å². The van der Waals surface area contributed by atoms with Gasteiger partial charge < -0.3 is 10.2 Å². The van der Waals surface area contributed by atoms with E-state index in [1.165, 1.54) is 4.90 Å². The molecule has 4 amide bonds. The number of rotatable bonds is 5. The Hall–Kier alpha value is -4.04. The lowest BCUT2D eigenvalue weighted by Crippen LogP contribution is -2.31. The Bertz CT molecular complexity index is 1270. The monoisotopic (exact) mass is 472 g/mol. The highest BCUT2D eigenvalue weighted by atomic mass is 32.2. The largest absolute Gasteiger partial charge is 0.378 e. The normalized spacial score (nSPS) is 14.1. The van der Waals surface area contributed by atoms with E-state index in [2.05, 4.69) is 10.6 Å². The molecule has 0 unspecified atom stereocenters. The smallest absolute Gasteiger partial charge is 0.326 e. The van der Waals surface area contributed by atoms with Crippen molar-refractivity contribution in [2.24, 2.45) is 0 Å². The Kier molecular flexibility index (Phi) is 6.70. The Morgan fingerprint density at radius 3 is 2.24 bits per heavy atom. The summed E-state index contributed by atoms with van der Waals surface area (Å²) in [7, 11) is 5.57. The van der Waals surface area contributed by atoms with Gasteiger partial charge >= 0.3 is 6.03 Å². The van der Waals surface area contributed by atoms with Crippen molar-refractivity contribution < 1.29 is 14.4 Å². The first-order valence-corrected chi connectivity index (χ1v) is 11.4. The van der Waals surface area contributed by atoms with E-state index in [1.807, 2.05) is 91.8 Å². The van der Waals surface area contributed by atoms with Crippen LogP contribution in [0.1, 0.15) is 5.56 Å². The number of thioether (sulfide) groups is 1. The number of nitrogens with zero attached hydrogens (tertiary/aromatic N) is 2. The topological polar surface area (TPSA) is 81.8 Å². The Labute approximate surface area is 202 Å². The molecule has 1 heterocycles. The molecule has 0 bridgehead atoms. The van der Waals surface area contributed by atoms with Crippen molar-refractivity contribution in [2.45, 2.75) is 0 Å². The molecule has 3 aromatic carbocycles. The lowest BCUT2D eigenvalue weighted by Gasteiger charge is -2.22. The van der Waals surface area contributed by atoms with Crippen LogP contribution in [0.5, 0.6) is 0 Å². The van der Waals surface area contributed by atoms with Gasteiger partial charge in [-0.2, -0.15) is 0 Å². The Morgan fingerprint density at radius 2 is 1.62 bits per heavy atom. The maximum absolute atomic E-state index is 13.1. The molecule has 4 rings (SSSR count). The quantitative estimate of drug-likeness (QED) is 0.485. The van der Waals surface area contributed by atoms with Gasteiger partial charge in [-0.15, -0.1) is 0 Å². The van der Waals surface area contributed by atoms with Gasteiger partial charge in [0.2, 0.25) is 0 Å². The number of carbonyl (C=O) groups is 3. The van der Waals surface area contributed by atoms with Crippen LogP contribution in [-0.2, 0) is 4.79 Å². The fourth-order valence-electron chi connectivity index (χ4n) is 3.49. The number of amides is 4. The minimum absolute atomic E-state index is 0.284. The van der Waals surface area contributed by atoms with Crippen molar-refractivity contribution in [2.75, 3.05) is 36.3 Å². The molecular weight excluding hydrogens is 448 g/mol. The number of imide groups is 1. The number of hydrogen-bond donors (Lipinski definition) is 2. The van der Waals surface area contributed by atoms with Crippen LogP contribution < -0.4 is 20.4 Å². The van der Waals surface area contributed by atoms with Gasteiger partial charge in [0, 0.05) is 32.5 Å². The molecule has 0 atom stereocenters. The molecule has 1 saturated heterocycles. The maximum Gasteiger partial charge on any atom is 0.326 e. The molecule has 2 N–H and O–H groups in total. The zero-order valence-corrected chi connectivity index (χ0v) is 19.8. The molecule has 7 nitrogen and oxygen atoms in total. The molecular formula is C26H24N4O3S. The van der Waals surface area contributed by atoms with Gasteiger partial charge in [-0.1, -0.05) is 42.5 Å². The van der Waals surface area contributed by atoms with Crippen LogP contribution in [0, 0.1) is 0 Å². The molecule has 1 aliphatic heterocycles. The predicted molar refractivity (Wildman–Crippen MR) is 139 cm³/mol. The summed E-state index contributed by atoms with van der Waals surface area (Å²) < 4.78 is 0. The molecule has 0 spiro atoms. The summed E-state index contributed by atoms with van der Waals surface area (Å²) in [6.07, 6.45) is 1.63. The zero-order chi connectivity index (χ0) is 24.2. The van der Waals surface area contributed by atoms with E-state index in [9.17, 15) is 14.4 Å². The van der Waals surface area contributed by atoms with E-state index < -0.39 is 11.1 Å². The van der Waals surface area contributed by atoms with Crippen LogP contribution in [0.3, 0.4) is 0 Å². The summed E-state index contributed by atoms with van der Waals surface area (Å²) in [5.41, 5.74) is 4.86. The standard InChI is InChI=1S/C26H24N4O3S/c1-29(2)21-13-11-20(12-14-21)27-25(32)30(3)22-15-18(17-7-5-4-6-8-17)9-10-19(22)16-23-24(31)28-26(33)34-23/h4-16H,1-3H3,(H,27,32)(H,28,31,33). The number of urea groups is 1. The minimum atomic E-state index is -0.443. The molecule has 0 aromatic heterocycles. The summed E-state index contributed by atoms with van der Waals surface area (Å²) in [6.45, 7) is 0. The van der Waals surface area contributed by atoms with Crippen LogP contribution in [0.2, 0.25) is 0 Å². The molecule has 0 saturated carbocycles.